The van der Waals surface area contributed by atoms with E-state index >= 15 is 0 Å². The Hall–Kier alpha value is -3.67. The van der Waals surface area contributed by atoms with E-state index < -0.39 is 18.2 Å². The maximum absolute atomic E-state index is 12.1. The highest BCUT2D eigenvalue weighted by atomic mass is 32.1. The van der Waals surface area contributed by atoms with Crippen LogP contribution in [0.25, 0.3) is 21.6 Å². The average Bonchev–Trinajstić information content (AvgIpc) is 3.28. The SMILES string of the molecule is Cc1c(CN2CCN(C(=O)[C@H](C)O)CC2)sc2c(N3CCOCC3)nc(-c3cnc(N)nc3)nc12.O=C(O)C(F)(F)F. The van der Waals surface area contributed by atoms with Gasteiger partial charge in [0.2, 0.25) is 5.95 Å². The number of carbonyl (C=O) groups excluding carboxylic acids is 1. The Kier molecular flexibility index (Phi) is 9.75. The number of nitrogens with zero attached hydrogens (tertiary/aromatic N) is 7. The predicted molar refractivity (Wildman–Crippen MR) is 148 cm³/mol. The van der Waals surface area contributed by atoms with Crippen LogP contribution in [0.1, 0.15) is 17.4 Å². The maximum atomic E-state index is 12.1. The van der Waals surface area contributed by atoms with Crippen molar-refractivity contribution in [3.8, 4) is 11.4 Å². The van der Waals surface area contributed by atoms with E-state index in [9.17, 15) is 23.1 Å². The fourth-order valence-electron chi connectivity index (χ4n) is 4.44. The van der Waals surface area contributed by atoms with Crippen molar-refractivity contribution < 1.29 is 37.7 Å². The second kappa shape index (κ2) is 13.1. The summed E-state index contributed by atoms with van der Waals surface area (Å²) in [5, 5.41) is 16.7. The van der Waals surface area contributed by atoms with Crippen LogP contribution in [0, 0.1) is 6.92 Å². The number of hydrogen-bond acceptors (Lipinski definition) is 12. The summed E-state index contributed by atoms with van der Waals surface area (Å²) in [5.74, 6) is -1.25. The Balaban J connectivity index is 0.000000517. The second-order valence-corrected chi connectivity index (χ2v) is 10.8. The van der Waals surface area contributed by atoms with Gasteiger partial charge in [-0.1, -0.05) is 0 Å². The summed E-state index contributed by atoms with van der Waals surface area (Å²) >= 11 is 1.74. The van der Waals surface area contributed by atoms with Crippen LogP contribution in [0.2, 0.25) is 0 Å². The molecular weight excluding hydrogens is 581 g/mol. The molecule has 0 spiro atoms. The number of carboxylic acids is 1. The molecule has 2 aliphatic rings. The van der Waals surface area contributed by atoms with Crippen LogP contribution >= 0.6 is 11.3 Å². The van der Waals surface area contributed by atoms with Gasteiger partial charge in [-0.2, -0.15) is 13.2 Å². The van der Waals surface area contributed by atoms with Crippen molar-refractivity contribution in [3.63, 3.8) is 0 Å². The molecule has 0 aromatic carbocycles. The average molecular weight is 613 g/mol. The smallest absolute Gasteiger partial charge is 0.475 e. The van der Waals surface area contributed by atoms with Crippen LogP contribution in [0.4, 0.5) is 24.9 Å². The minimum Gasteiger partial charge on any atom is -0.475 e. The number of piperazine rings is 1. The summed E-state index contributed by atoms with van der Waals surface area (Å²) in [5.41, 5.74) is 8.48. The Bertz CT molecular complexity index is 1410. The Morgan fingerprint density at radius 1 is 1.10 bits per heavy atom. The fraction of sp³-hybridized carbons (Fsp3) is 0.520. The summed E-state index contributed by atoms with van der Waals surface area (Å²) in [7, 11) is 0. The molecule has 3 aromatic rings. The molecular formula is C25H31F3N8O5S. The van der Waals surface area contributed by atoms with Crippen LogP contribution < -0.4 is 10.6 Å². The number of aryl methyl sites for hydroxylation is 1. The van der Waals surface area contributed by atoms with Gasteiger partial charge in [0, 0.05) is 63.1 Å². The van der Waals surface area contributed by atoms with E-state index in [0.717, 1.165) is 59.9 Å². The van der Waals surface area contributed by atoms with Gasteiger partial charge in [0.1, 0.15) is 6.10 Å². The molecule has 0 bridgehead atoms. The number of aliphatic hydroxyl groups is 1. The molecule has 0 radical (unpaired) electrons. The number of aromatic nitrogens is 4. The monoisotopic (exact) mass is 612 g/mol. The van der Waals surface area contributed by atoms with Crippen molar-refractivity contribution in [3.05, 3.63) is 22.8 Å². The Morgan fingerprint density at radius 3 is 2.24 bits per heavy atom. The highest BCUT2D eigenvalue weighted by Gasteiger charge is 2.38. The molecule has 2 aliphatic heterocycles. The van der Waals surface area contributed by atoms with Gasteiger partial charge in [0.05, 0.1) is 29.0 Å². The van der Waals surface area contributed by atoms with Crippen molar-refractivity contribution in [2.75, 3.05) is 63.1 Å². The molecule has 0 unspecified atom stereocenters. The second-order valence-electron chi connectivity index (χ2n) is 9.71. The van der Waals surface area contributed by atoms with Crippen LogP contribution in [-0.2, 0) is 20.9 Å². The number of aliphatic carboxylic acids is 1. The number of fused-ring (bicyclic) bond motifs is 1. The van der Waals surface area contributed by atoms with Crippen molar-refractivity contribution >= 4 is 45.2 Å². The van der Waals surface area contributed by atoms with Gasteiger partial charge in [-0.3, -0.25) is 9.69 Å². The number of alkyl halides is 3. The first-order chi connectivity index (χ1) is 19.8. The third-order valence-electron chi connectivity index (χ3n) is 6.74. The lowest BCUT2D eigenvalue weighted by atomic mass is 10.2. The van der Waals surface area contributed by atoms with E-state index in [1.54, 1.807) is 28.6 Å². The largest absolute Gasteiger partial charge is 0.490 e. The van der Waals surface area contributed by atoms with E-state index in [-0.39, 0.29) is 11.9 Å². The number of aliphatic hydroxyl groups excluding tert-OH is 1. The topological polar surface area (TPSA) is 171 Å². The van der Waals surface area contributed by atoms with Crippen molar-refractivity contribution in [2.45, 2.75) is 32.7 Å². The number of carboxylic acid groups (broad SMARTS) is 1. The van der Waals surface area contributed by atoms with Crippen LogP contribution in [0.3, 0.4) is 0 Å². The number of rotatable bonds is 5. The number of amides is 1. The van der Waals surface area contributed by atoms with Crippen LogP contribution in [-0.4, -0.2) is 117 Å². The molecule has 3 aromatic heterocycles. The summed E-state index contributed by atoms with van der Waals surface area (Å²) in [4.78, 5) is 46.7. The van der Waals surface area contributed by atoms with E-state index in [1.807, 2.05) is 0 Å². The van der Waals surface area contributed by atoms with Crippen molar-refractivity contribution in [2.24, 2.45) is 0 Å². The molecule has 0 aliphatic carbocycles. The lowest BCUT2D eigenvalue weighted by Crippen LogP contribution is -2.50. The van der Waals surface area contributed by atoms with E-state index in [2.05, 4.69) is 26.7 Å². The molecule has 4 N–H and O–H groups in total. The van der Waals surface area contributed by atoms with E-state index in [4.69, 9.17) is 30.3 Å². The van der Waals surface area contributed by atoms with E-state index in [1.165, 1.54) is 11.8 Å². The zero-order valence-corrected chi connectivity index (χ0v) is 23.8. The normalized spacial score (nSPS) is 17.1. The van der Waals surface area contributed by atoms with Crippen LogP contribution in [0.15, 0.2) is 12.4 Å². The van der Waals surface area contributed by atoms with Gasteiger partial charge < -0.3 is 30.5 Å². The first-order valence-corrected chi connectivity index (χ1v) is 13.9. The Labute approximate surface area is 242 Å². The number of carbonyl (C=O) groups is 2. The number of halogens is 3. The first-order valence-electron chi connectivity index (χ1n) is 13.0. The molecule has 13 nitrogen and oxygen atoms in total. The standard InChI is InChI=1S/C23H30N8O3S.C2HF3O2/c1-14-17(13-29-3-5-31(6-4-29)22(33)15(2)32)35-19-18(14)27-20(16-11-25-23(24)26-12-16)28-21(19)30-7-9-34-10-8-30;3-2(4,5)1(6)7/h11-12,15,32H,3-10,13H2,1-2H3,(H2,24,25,26);(H,6,7)/t15-;/m0./s1. The first kappa shape index (κ1) is 31.3. The minimum absolute atomic E-state index is 0.202. The number of morpholine rings is 1. The van der Waals surface area contributed by atoms with E-state index in [0.29, 0.717) is 32.1 Å². The van der Waals surface area contributed by atoms with Gasteiger partial charge in [-0.05, 0) is 19.4 Å². The lowest BCUT2D eigenvalue weighted by molar-refractivity contribution is -0.192. The van der Waals surface area contributed by atoms with Crippen molar-refractivity contribution in [1.29, 1.82) is 0 Å². The lowest BCUT2D eigenvalue weighted by Gasteiger charge is -2.35. The van der Waals surface area contributed by atoms with Gasteiger partial charge in [0.25, 0.3) is 5.91 Å². The van der Waals surface area contributed by atoms with Gasteiger partial charge >= 0.3 is 12.1 Å². The third kappa shape index (κ3) is 7.39. The van der Waals surface area contributed by atoms with Gasteiger partial charge in [-0.25, -0.2) is 24.7 Å². The molecule has 17 heteroatoms. The number of ether oxygens (including phenoxy) is 1. The summed E-state index contributed by atoms with van der Waals surface area (Å²) in [6, 6.07) is 0. The molecule has 228 valence electrons. The maximum Gasteiger partial charge on any atom is 0.490 e. The number of anilines is 2. The van der Waals surface area contributed by atoms with Gasteiger partial charge in [-0.15, -0.1) is 11.3 Å². The van der Waals surface area contributed by atoms with Gasteiger partial charge in [0.15, 0.2) is 11.6 Å². The number of nitrogens with two attached hydrogens (primary N) is 1. The predicted octanol–water partition coefficient (Wildman–Crippen LogP) is 1.53. The molecule has 1 atom stereocenters. The molecule has 2 saturated heterocycles. The highest BCUT2D eigenvalue weighted by molar-refractivity contribution is 7.19. The fourth-order valence-corrected chi connectivity index (χ4v) is 5.74. The summed E-state index contributed by atoms with van der Waals surface area (Å²) < 4.78 is 38.4. The molecule has 0 saturated carbocycles. The number of nitrogen functional groups attached to an aromatic ring is 1. The number of thiophene rings is 1. The Morgan fingerprint density at radius 2 is 1.69 bits per heavy atom. The summed E-state index contributed by atoms with van der Waals surface area (Å²) in [6.07, 6.45) is -2.73. The quantitative estimate of drug-likeness (QED) is 0.380. The van der Waals surface area contributed by atoms with Crippen molar-refractivity contribution in [1.82, 2.24) is 29.7 Å². The van der Waals surface area contributed by atoms with Crippen LogP contribution in [0.5, 0.6) is 0 Å². The molecule has 5 rings (SSSR count). The highest BCUT2D eigenvalue weighted by Crippen LogP contribution is 2.38. The molecule has 2 fully saturated rings. The zero-order valence-electron chi connectivity index (χ0n) is 23.0. The zero-order chi connectivity index (χ0) is 30.6. The summed E-state index contributed by atoms with van der Waals surface area (Å²) in [6.45, 7) is 10.1. The minimum atomic E-state index is -5.08. The molecule has 1 amide bonds. The molecule has 42 heavy (non-hydrogen) atoms. The number of hydrogen-bond donors (Lipinski definition) is 3. The third-order valence-corrected chi connectivity index (χ3v) is 8.00. The molecule has 5 heterocycles.